The maximum Gasteiger partial charge on any atom is 0.416 e. The van der Waals surface area contributed by atoms with E-state index in [4.69, 9.17) is 5.73 Å². The Kier molecular flexibility index (Phi) is 7.43. The number of likely N-dealkylation sites (N-methyl/N-ethyl adjacent to an activating group) is 2. The highest BCUT2D eigenvalue weighted by atomic mass is 19.4. The number of hydrogen-bond acceptors (Lipinski definition) is 10. The van der Waals surface area contributed by atoms with E-state index in [9.17, 15) is 52.8 Å². The van der Waals surface area contributed by atoms with Crippen LogP contribution in [0.1, 0.15) is 30.0 Å². The van der Waals surface area contributed by atoms with Gasteiger partial charge < -0.3 is 36.8 Å². The van der Waals surface area contributed by atoms with Gasteiger partial charge in [-0.15, -0.1) is 0 Å². The lowest BCUT2D eigenvalue weighted by atomic mass is 9.57. The van der Waals surface area contributed by atoms with Crippen LogP contribution < -0.4 is 16.4 Å². The van der Waals surface area contributed by atoms with Crippen molar-refractivity contribution in [2.45, 2.75) is 37.6 Å². The first-order valence-electron chi connectivity index (χ1n) is 12.6. The normalized spacial score (nSPS) is 26.1. The number of rotatable bonds is 6. The number of Topliss-reactive ketones (excluding diaryl/α,β-unsaturated/α-hetero) is 2. The molecule has 0 radical (unpaired) electrons. The summed E-state index contributed by atoms with van der Waals surface area (Å²) in [6, 6.07) is -0.852. The fourth-order valence-electron chi connectivity index (χ4n) is 6.09. The molecule has 8 N–H and O–H groups in total. The first-order valence-corrected chi connectivity index (χ1v) is 12.6. The topological polar surface area (TPSA) is 203 Å². The quantitative estimate of drug-likeness (QED) is 0.183. The van der Waals surface area contributed by atoms with Gasteiger partial charge in [0, 0.05) is 11.5 Å². The molecule has 4 rings (SSSR count). The molecule has 2 amide bonds. The molecule has 41 heavy (non-hydrogen) atoms. The second-order valence-corrected chi connectivity index (χ2v) is 10.5. The molecule has 222 valence electrons. The van der Waals surface area contributed by atoms with Gasteiger partial charge in [0.25, 0.3) is 5.91 Å². The fourth-order valence-corrected chi connectivity index (χ4v) is 6.09. The number of alkyl halides is 3. The van der Waals surface area contributed by atoms with E-state index in [-0.39, 0.29) is 13.0 Å². The summed E-state index contributed by atoms with van der Waals surface area (Å²) in [4.78, 5) is 52.5. The van der Waals surface area contributed by atoms with E-state index in [1.165, 1.54) is 19.0 Å². The number of halogens is 3. The van der Waals surface area contributed by atoms with Crippen molar-refractivity contribution in [3.05, 3.63) is 39.7 Å². The number of hydrogen-bond donors (Lipinski definition) is 7. The van der Waals surface area contributed by atoms with Crippen molar-refractivity contribution in [1.29, 1.82) is 0 Å². The van der Waals surface area contributed by atoms with Crippen LogP contribution >= 0.6 is 0 Å². The van der Waals surface area contributed by atoms with Crippen LogP contribution in [0, 0.1) is 11.8 Å². The van der Waals surface area contributed by atoms with Gasteiger partial charge in [-0.3, -0.25) is 24.1 Å². The lowest BCUT2D eigenvalue weighted by molar-refractivity contribution is -0.153. The molecular weight excluding hydrogens is 553 g/mol. The van der Waals surface area contributed by atoms with Gasteiger partial charge in [0.1, 0.15) is 22.8 Å². The minimum atomic E-state index is -5.01. The Bertz CT molecular complexity index is 1430. The Labute approximate surface area is 231 Å². The summed E-state index contributed by atoms with van der Waals surface area (Å²) in [5.74, 6) is -10.6. The molecule has 0 unspecified atom stereocenters. The van der Waals surface area contributed by atoms with Crippen LogP contribution in [0.4, 0.5) is 18.9 Å². The zero-order valence-corrected chi connectivity index (χ0v) is 22.2. The van der Waals surface area contributed by atoms with Crippen LogP contribution in [0.3, 0.4) is 0 Å². The second-order valence-electron chi connectivity index (χ2n) is 10.5. The van der Waals surface area contributed by atoms with E-state index in [0.717, 1.165) is 0 Å². The van der Waals surface area contributed by atoms with Gasteiger partial charge in [0.15, 0.2) is 11.4 Å². The van der Waals surface area contributed by atoms with Crippen LogP contribution in [0.5, 0.6) is 5.75 Å². The van der Waals surface area contributed by atoms with E-state index in [1.54, 1.807) is 6.92 Å². The van der Waals surface area contributed by atoms with E-state index in [1.807, 2.05) is 0 Å². The number of nitrogens with zero attached hydrogens (tertiary/aromatic N) is 1. The summed E-state index contributed by atoms with van der Waals surface area (Å²) >= 11 is 0. The standard InChI is InChI=1S/C26H29F3N4O8/c1-4-31-8-14(34)32-13-7-11(26(27,28)29)10-5-9-6-12-18(33(2)3)21(37)17(24(30)40)23(39)25(12,41)22(38)15(9)20(36)16(10)19(13)35/h7,9,12,18,31,35-36,39,41H,4-6,8H2,1-3H3,(H2,30,40)(H,32,34)/t9-,12-,18-,25-/m0/s1. The summed E-state index contributed by atoms with van der Waals surface area (Å²) in [5, 5.41) is 49.4. The molecule has 1 fully saturated rings. The number of benzene rings is 1. The number of ketones is 2. The minimum absolute atomic E-state index is 0.296. The van der Waals surface area contributed by atoms with Crippen molar-refractivity contribution < 1.29 is 52.8 Å². The number of nitrogens with two attached hydrogens (primary N) is 1. The van der Waals surface area contributed by atoms with Gasteiger partial charge in [-0.1, -0.05) is 6.92 Å². The van der Waals surface area contributed by atoms with Gasteiger partial charge in [0.2, 0.25) is 11.7 Å². The zero-order chi connectivity index (χ0) is 30.8. The number of nitrogens with one attached hydrogen (secondary N) is 2. The Morgan fingerprint density at radius 1 is 1.20 bits per heavy atom. The third-order valence-corrected chi connectivity index (χ3v) is 7.84. The van der Waals surface area contributed by atoms with Gasteiger partial charge in [-0.05, 0) is 51.0 Å². The van der Waals surface area contributed by atoms with E-state index >= 15 is 0 Å². The van der Waals surface area contributed by atoms with E-state index < -0.39 is 110 Å². The molecule has 4 atom stereocenters. The van der Waals surface area contributed by atoms with Crippen LogP contribution in [0.2, 0.25) is 0 Å². The minimum Gasteiger partial charge on any atom is -0.508 e. The van der Waals surface area contributed by atoms with Crippen LogP contribution in [0.25, 0.3) is 5.76 Å². The van der Waals surface area contributed by atoms with Crippen molar-refractivity contribution in [3.63, 3.8) is 0 Å². The molecule has 3 aliphatic carbocycles. The number of phenols is 1. The average Bonchev–Trinajstić information content (AvgIpc) is 2.85. The molecule has 0 heterocycles. The lowest BCUT2D eigenvalue weighted by Gasteiger charge is -2.50. The summed E-state index contributed by atoms with van der Waals surface area (Å²) in [6.45, 7) is 1.76. The summed E-state index contributed by atoms with van der Waals surface area (Å²) in [7, 11) is 2.80. The molecule has 15 heteroatoms. The monoisotopic (exact) mass is 582 g/mol. The Morgan fingerprint density at radius 2 is 1.83 bits per heavy atom. The molecule has 1 saturated carbocycles. The smallest absolute Gasteiger partial charge is 0.416 e. The molecule has 1 aromatic carbocycles. The molecule has 3 aliphatic rings. The number of carbonyl (C=O) groups is 4. The largest absolute Gasteiger partial charge is 0.508 e. The SMILES string of the molecule is CCNCC(=O)Nc1cc(C(F)(F)F)c2c(c1O)C(O)=C1C(=O)[C@]3(O)C(O)=C(C(N)=O)C(=O)[C@@H](N(C)C)[C@@H]3C[C@@H]1C2. The predicted molar refractivity (Wildman–Crippen MR) is 136 cm³/mol. The maximum absolute atomic E-state index is 14.2. The zero-order valence-electron chi connectivity index (χ0n) is 22.2. The van der Waals surface area contributed by atoms with Crippen molar-refractivity contribution >= 4 is 34.8 Å². The Morgan fingerprint density at radius 3 is 2.37 bits per heavy atom. The van der Waals surface area contributed by atoms with Gasteiger partial charge in [0.05, 0.1) is 29.4 Å². The fraction of sp³-hybridized carbons (Fsp3) is 0.462. The summed E-state index contributed by atoms with van der Waals surface area (Å²) < 4.78 is 42.7. The number of aliphatic hydroxyl groups excluding tert-OH is 2. The Balaban J connectivity index is 1.96. The number of phenolic OH excluding ortho intramolecular Hbond substituents is 1. The predicted octanol–water partition coefficient (Wildman–Crippen LogP) is 0.531. The molecule has 0 spiro atoms. The molecule has 0 bridgehead atoms. The highest BCUT2D eigenvalue weighted by molar-refractivity contribution is 6.24. The third kappa shape index (κ3) is 4.53. The van der Waals surface area contributed by atoms with Crippen molar-refractivity contribution in [2.24, 2.45) is 17.6 Å². The van der Waals surface area contributed by atoms with Crippen LogP contribution in [-0.4, -0.2) is 87.5 Å². The van der Waals surface area contributed by atoms with Crippen LogP contribution in [-0.2, 0) is 31.8 Å². The van der Waals surface area contributed by atoms with E-state index in [2.05, 4.69) is 10.6 Å². The number of primary amides is 1. The number of aromatic hydroxyl groups is 1. The molecule has 0 aliphatic heterocycles. The Hall–Kier alpha value is -3.95. The third-order valence-electron chi connectivity index (χ3n) is 7.84. The van der Waals surface area contributed by atoms with Gasteiger partial charge >= 0.3 is 6.18 Å². The first kappa shape index (κ1) is 30.0. The number of amides is 2. The highest BCUT2D eigenvalue weighted by Gasteiger charge is 2.64. The first-order chi connectivity index (χ1) is 19.0. The number of fused-ring (bicyclic) bond motifs is 3. The molecule has 0 aromatic heterocycles. The summed E-state index contributed by atoms with van der Waals surface area (Å²) in [6.07, 6.45) is -5.94. The van der Waals surface area contributed by atoms with Crippen molar-refractivity contribution in [1.82, 2.24) is 10.2 Å². The van der Waals surface area contributed by atoms with Gasteiger partial charge in [-0.25, -0.2) is 0 Å². The average molecular weight is 583 g/mol. The maximum atomic E-state index is 14.2. The van der Waals surface area contributed by atoms with Gasteiger partial charge in [-0.2, -0.15) is 13.2 Å². The molecule has 12 nitrogen and oxygen atoms in total. The highest BCUT2D eigenvalue weighted by Crippen LogP contribution is 2.55. The van der Waals surface area contributed by atoms with Crippen molar-refractivity contribution in [2.75, 3.05) is 32.5 Å². The van der Waals surface area contributed by atoms with Crippen LogP contribution in [0.15, 0.2) is 23.0 Å². The number of anilines is 1. The number of aliphatic hydroxyl groups is 3. The molecular formula is C26H29F3N4O8. The lowest BCUT2D eigenvalue weighted by Crippen LogP contribution is -2.65. The number of carbonyl (C=O) groups excluding carboxylic acids is 4. The molecule has 0 saturated heterocycles. The second kappa shape index (κ2) is 10.2. The molecule has 1 aromatic rings. The van der Waals surface area contributed by atoms with E-state index in [0.29, 0.717) is 12.6 Å². The van der Waals surface area contributed by atoms with Crippen molar-refractivity contribution in [3.8, 4) is 5.75 Å². The summed E-state index contributed by atoms with van der Waals surface area (Å²) in [5.41, 5.74) is -2.62.